The zero-order chi connectivity index (χ0) is 16.2. The number of piperidine rings is 1. The second-order valence-electron chi connectivity index (χ2n) is 5.47. The maximum absolute atomic E-state index is 12.5. The molecule has 23 heavy (non-hydrogen) atoms. The summed E-state index contributed by atoms with van der Waals surface area (Å²) in [6.07, 6.45) is 3.05. The molecule has 1 saturated heterocycles. The van der Waals surface area contributed by atoms with Crippen molar-refractivity contribution in [3.05, 3.63) is 15.8 Å². The van der Waals surface area contributed by atoms with Crippen LogP contribution in [0.3, 0.4) is 0 Å². The van der Waals surface area contributed by atoms with E-state index in [2.05, 4.69) is 14.8 Å². The van der Waals surface area contributed by atoms with Gasteiger partial charge in [-0.15, -0.1) is 23.7 Å². The minimum Gasteiger partial charge on any atom is -0.465 e. The maximum Gasteiger partial charge on any atom is 0.349 e. The molecule has 1 aromatic rings. The molecule has 2 N–H and O–H groups in total. The number of sulfonamides is 1. The van der Waals surface area contributed by atoms with Gasteiger partial charge in [0, 0.05) is 6.54 Å². The van der Waals surface area contributed by atoms with Gasteiger partial charge in [0.2, 0.25) is 10.0 Å². The quantitative estimate of drug-likeness (QED) is 0.734. The summed E-state index contributed by atoms with van der Waals surface area (Å²) in [4.78, 5) is 11.9. The fraction of sp³-hybridized carbons (Fsp3) is 0.643. The smallest absolute Gasteiger partial charge is 0.349 e. The number of nitrogens with one attached hydrogen (secondary N) is 2. The molecule has 1 aromatic heterocycles. The van der Waals surface area contributed by atoms with Crippen molar-refractivity contribution in [2.24, 2.45) is 5.92 Å². The topological polar surface area (TPSA) is 84.5 Å². The molecule has 2 rings (SSSR count). The zero-order valence-electron chi connectivity index (χ0n) is 13.3. The van der Waals surface area contributed by atoms with E-state index in [-0.39, 0.29) is 22.2 Å². The first-order chi connectivity index (χ1) is 10.5. The third kappa shape index (κ3) is 5.15. The van der Waals surface area contributed by atoms with Crippen LogP contribution in [-0.2, 0) is 14.8 Å². The van der Waals surface area contributed by atoms with E-state index in [9.17, 15) is 13.2 Å². The van der Waals surface area contributed by atoms with Crippen molar-refractivity contribution in [2.45, 2.75) is 31.1 Å². The van der Waals surface area contributed by atoms with Crippen LogP contribution in [0.2, 0.25) is 0 Å². The predicted octanol–water partition coefficient (Wildman–Crippen LogP) is 1.93. The average Bonchev–Trinajstić information content (AvgIpc) is 2.90. The highest BCUT2D eigenvalue weighted by atomic mass is 35.5. The first kappa shape index (κ1) is 20.4. The summed E-state index contributed by atoms with van der Waals surface area (Å²) in [5.41, 5.74) is 0.567. The Morgan fingerprint density at radius 1 is 1.52 bits per heavy atom. The SMILES string of the molecule is COC(=O)c1scc(C)c1S(=O)(=O)NCCC1CCCNC1.Cl. The molecule has 2 heterocycles. The summed E-state index contributed by atoms with van der Waals surface area (Å²) in [7, 11) is -2.45. The maximum atomic E-state index is 12.5. The van der Waals surface area contributed by atoms with E-state index < -0.39 is 16.0 Å². The summed E-state index contributed by atoms with van der Waals surface area (Å²) >= 11 is 1.09. The summed E-state index contributed by atoms with van der Waals surface area (Å²) in [5, 5.41) is 4.97. The molecule has 0 amide bonds. The molecule has 1 fully saturated rings. The van der Waals surface area contributed by atoms with E-state index in [0.29, 0.717) is 18.0 Å². The van der Waals surface area contributed by atoms with Gasteiger partial charge in [0.05, 0.1) is 7.11 Å². The number of aryl methyl sites for hydroxylation is 1. The van der Waals surface area contributed by atoms with Crippen LogP contribution in [0.5, 0.6) is 0 Å². The minimum atomic E-state index is -3.70. The highest BCUT2D eigenvalue weighted by molar-refractivity contribution is 7.89. The number of carbonyl (C=O) groups is 1. The largest absolute Gasteiger partial charge is 0.465 e. The van der Waals surface area contributed by atoms with Crippen molar-refractivity contribution >= 4 is 39.7 Å². The molecule has 1 atom stereocenters. The van der Waals surface area contributed by atoms with E-state index in [1.165, 1.54) is 7.11 Å². The van der Waals surface area contributed by atoms with Crippen LogP contribution in [0.25, 0.3) is 0 Å². The number of hydrogen-bond acceptors (Lipinski definition) is 6. The summed E-state index contributed by atoms with van der Waals surface area (Å²) < 4.78 is 32.2. The number of hydrogen-bond donors (Lipinski definition) is 2. The average molecular weight is 383 g/mol. The predicted molar refractivity (Wildman–Crippen MR) is 93.0 cm³/mol. The van der Waals surface area contributed by atoms with E-state index in [1.54, 1.807) is 12.3 Å². The first-order valence-electron chi connectivity index (χ1n) is 7.32. The summed E-state index contributed by atoms with van der Waals surface area (Å²) in [5.74, 6) is -0.116. The molecule has 1 aliphatic heterocycles. The van der Waals surface area contributed by atoms with Gasteiger partial charge in [-0.25, -0.2) is 17.9 Å². The molecule has 0 saturated carbocycles. The molecule has 0 bridgehead atoms. The lowest BCUT2D eigenvalue weighted by Gasteiger charge is -2.22. The molecule has 1 unspecified atom stereocenters. The van der Waals surface area contributed by atoms with E-state index in [1.807, 2.05) is 0 Å². The Hall–Kier alpha value is -0.670. The van der Waals surface area contributed by atoms with Crippen LogP contribution < -0.4 is 10.0 Å². The number of thiophene rings is 1. The highest BCUT2D eigenvalue weighted by Gasteiger charge is 2.27. The molecular weight excluding hydrogens is 360 g/mol. The van der Waals surface area contributed by atoms with Gasteiger partial charge < -0.3 is 10.1 Å². The zero-order valence-corrected chi connectivity index (χ0v) is 15.7. The number of rotatable bonds is 6. The van der Waals surface area contributed by atoms with Crippen LogP contribution in [-0.4, -0.2) is 41.1 Å². The van der Waals surface area contributed by atoms with E-state index in [0.717, 1.165) is 43.7 Å². The Kier molecular flexibility index (Phi) is 7.96. The Labute approximate surface area is 147 Å². The lowest BCUT2D eigenvalue weighted by molar-refractivity contribution is 0.0602. The van der Waals surface area contributed by atoms with Gasteiger partial charge in [-0.1, -0.05) is 0 Å². The van der Waals surface area contributed by atoms with Crippen molar-refractivity contribution in [1.29, 1.82) is 0 Å². The summed E-state index contributed by atoms with van der Waals surface area (Å²) in [6.45, 7) is 4.04. The van der Waals surface area contributed by atoms with Gasteiger partial charge >= 0.3 is 5.97 Å². The molecule has 132 valence electrons. The van der Waals surface area contributed by atoms with Crippen molar-refractivity contribution in [3.63, 3.8) is 0 Å². The van der Waals surface area contributed by atoms with E-state index in [4.69, 9.17) is 0 Å². The monoisotopic (exact) mass is 382 g/mol. The normalized spacial score (nSPS) is 18.3. The van der Waals surface area contributed by atoms with Gasteiger partial charge in [0.1, 0.15) is 9.77 Å². The fourth-order valence-electron chi connectivity index (χ4n) is 2.64. The van der Waals surface area contributed by atoms with Crippen molar-refractivity contribution < 1.29 is 17.9 Å². The first-order valence-corrected chi connectivity index (χ1v) is 9.68. The third-order valence-electron chi connectivity index (χ3n) is 3.80. The standard InChI is InChI=1S/C14H22N2O4S2.ClH/c1-10-9-21-12(14(17)20-2)13(10)22(18,19)16-7-5-11-4-3-6-15-8-11;/h9,11,15-16H,3-8H2,1-2H3;1H. The van der Waals surface area contributed by atoms with Gasteiger partial charge in [-0.2, -0.15) is 0 Å². The van der Waals surface area contributed by atoms with Crippen LogP contribution in [0.4, 0.5) is 0 Å². The van der Waals surface area contributed by atoms with Crippen molar-refractivity contribution in [2.75, 3.05) is 26.7 Å². The van der Waals surface area contributed by atoms with Crippen LogP contribution in [0, 0.1) is 12.8 Å². The number of ether oxygens (including phenoxy) is 1. The number of methoxy groups -OCH3 is 1. The van der Waals surface area contributed by atoms with Crippen LogP contribution in [0.1, 0.15) is 34.5 Å². The molecular formula is C14H23ClN2O4S2. The molecule has 1 aliphatic rings. The molecule has 0 radical (unpaired) electrons. The lowest BCUT2D eigenvalue weighted by Crippen LogP contribution is -2.33. The van der Waals surface area contributed by atoms with Crippen LogP contribution >= 0.6 is 23.7 Å². The number of carbonyl (C=O) groups excluding carboxylic acids is 1. The van der Waals surface area contributed by atoms with Crippen molar-refractivity contribution in [1.82, 2.24) is 10.0 Å². The third-order valence-corrected chi connectivity index (χ3v) is 6.66. The lowest BCUT2D eigenvalue weighted by atomic mass is 9.96. The van der Waals surface area contributed by atoms with Gasteiger partial charge in [-0.3, -0.25) is 0 Å². The second kappa shape index (κ2) is 8.98. The van der Waals surface area contributed by atoms with Gasteiger partial charge in [0.15, 0.2) is 0 Å². The number of halogens is 1. The Bertz CT molecular complexity index is 625. The number of esters is 1. The minimum absolute atomic E-state index is 0. The molecule has 9 heteroatoms. The fourth-order valence-corrected chi connectivity index (χ4v) is 5.39. The summed E-state index contributed by atoms with van der Waals surface area (Å²) in [6, 6.07) is 0. The molecule has 0 aromatic carbocycles. The van der Waals surface area contributed by atoms with Crippen molar-refractivity contribution in [3.8, 4) is 0 Å². The molecule has 0 aliphatic carbocycles. The molecule has 0 spiro atoms. The second-order valence-corrected chi connectivity index (χ2v) is 8.05. The van der Waals surface area contributed by atoms with E-state index >= 15 is 0 Å². The Balaban J connectivity index is 0.00000264. The van der Waals surface area contributed by atoms with Gasteiger partial charge in [-0.05, 0) is 56.1 Å². The Morgan fingerprint density at radius 3 is 2.87 bits per heavy atom. The molecule has 6 nitrogen and oxygen atoms in total. The highest BCUT2D eigenvalue weighted by Crippen LogP contribution is 2.27. The van der Waals surface area contributed by atoms with Gasteiger partial charge in [0.25, 0.3) is 0 Å². The van der Waals surface area contributed by atoms with Crippen LogP contribution in [0.15, 0.2) is 10.3 Å². The Morgan fingerprint density at radius 2 is 2.26 bits per heavy atom.